The van der Waals surface area contributed by atoms with Crippen molar-refractivity contribution in [3.05, 3.63) is 48.4 Å². The van der Waals surface area contributed by atoms with E-state index in [2.05, 4.69) is 12.2 Å². The van der Waals surface area contributed by atoms with Crippen molar-refractivity contribution in [2.24, 2.45) is 0 Å². The zero-order valence-corrected chi connectivity index (χ0v) is 15.5. The molecule has 1 aliphatic rings. The molecular weight excluding hydrogens is 346 g/mol. The Bertz CT molecular complexity index is 735. The van der Waals surface area contributed by atoms with E-state index < -0.39 is 0 Å². The second kappa shape index (κ2) is 9.12. The molecule has 1 N–H and O–H groups in total. The molecule has 2 aromatic rings. The number of hydrogen-bond acceptors (Lipinski definition) is 4. The number of carbonyl (C=O) groups is 2. The van der Waals surface area contributed by atoms with Crippen LogP contribution in [-0.4, -0.2) is 54.5 Å². The highest BCUT2D eigenvalue weighted by Crippen LogP contribution is 2.17. The minimum atomic E-state index is -0.167. The number of furan rings is 1. The number of anilines is 1. The van der Waals surface area contributed by atoms with Crippen LogP contribution in [0.2, 0.25) is 0 Å². The van der Waals surface area contributed by atoms with Gasteiger partial charge >= 0.3 is 6.03 Å². The molecule has 7 nitrogen and oxygen atoms in total. The molecular formula is C20H25N3O4. The quantitative estimate of drug-likeness (QED) is 0.789. The molecule has 1 aliphatic heterocycles. The molecule has 0 saturated carbocycles. The molecule has 0 unspecified atom stereocenters. The third-order valence-corrected chi connectivity index (χ3v) is 4.46. The highest BCUT2D eigenvalue weighted by molar-refractivity contribution is 5.92. The van der Waals surface area contributed by atoms with Crippen molar-refractivity contribution >= 4 is 17.6 Å². The summed E-state index contributed by atoms with van der Waals surface area (Å²) < 4.78 is 10.8. The number of carbonyl (C=O) groups excluding carboxylic acids is 2. The number of nitrogens with zero attached hydrogens (tertiary/aromatic N) is 2. The maximum atomic E-state index is 12.4. The van der Waals surface area contributed by atoms with Gasteiger partial charge in [-0.2, -0.15) is 0 Å². The Kier molecular flexibility index (Phi) is 6.35. The lowest BCUT2D eigenvalue weighted by Gasteiger charge is -2.34. The van der Waals surface area contributed by atoms with Gasteiger partial charge in [-0.25, -0.2) is 4.79 Å². The Hall–Kier alpha value is -2.96. The number of unbranched alkanes of at least 4 members (excludes halogenated alkanes) is 1. The summed E-state index contributed by atoms with van der Waals surface area (Å²) in [6.45, 7) is 4.75. The highest BCUT2D eigenvalue weighted by Gasteiger charge is 2.26. The van der Waals surface area contributed by atoms with Gasteiger partial charge in [-0.15, -0.1) is 0 Å². The van der Waals surface area contributed by atoms with E-state index in [1.165, 1.54) is 6.26 Å². The molecule has 27 heavy (non-hydrogen) atoms. The maximum Gasteiger partial charge on any atom is 0.321 e. The van der Waals surface area contributed by atoms with E-state index in [4.69, 9.17) is 9.15 Å². The van der Waals surface area contributed by atoms with E-state index >= 15 is 0 Å². The second-order valence-electron chi connectivity index (χ2n) is 6.41. The predicted octanol–water partition coefficient (Wildman–Crippen LogP) is 3.45. The van der Waals surface area contributed by atoms with Gasteiger partial charge in [0.15, 0.2) is 5.76 Å². The maximum absolute atomic E-state index is 12.4. The van der Waals surface area contributed by atoms with Crippen molar-refractivity contribution in [2.75, 3.05) is 38.1 Å². The van der Waals surface area contributed by atoms with Crippen LogP contribution in [0.25, 0.3) is 0 Å². The molecule has 0 radical (unpaired) electrons. The van der Waals surface area contributed by atoms with Crippen LogP contribution >= 0.6 is 0 Å². The number of rotatable bonds is 6. The Labute approximate surface area is 158 Å². The fraction of sp³-hybridized carbons (Fsp3) is 0.400. The molecule has 7 heteroatoms. The van der Waals surface area contributed by atoms with Crippen molar-refractivity contribution in [1.82, 2.24) is 9.80 Å². The first-order valence-corrected chi connectivity index (χ1v) is 9.29. The fourth-order valence-corrected chi connectivity index (χ4v) is 2.84. The van der Waals surface area contributed by atoms with Gasteiger partial charge in [-0.1, -0.05) is 13.3 Å². The Morgan fingerprint density at radius 1 is 1.07 bits per heavy atom. The van der Waals surface area contributed by atoms with Crippen LogP contribution in [0.4, 0.5) is 10.5 Å². The summed E-state index contributed by atoms with van der Waals surface area (Å²) in [4.78, 5) is 28.1. The molecule has 1 aromatic heterocycles. The van der Waals surface area contributed by atoms with Crippen LogP contribution in [0.15, 0.2) is 47.1 Å². The zero-order valence-electron chi connectivity index (χ0n) is 15.5. The monoisotopic (exact) mass is 371 g/mol. The fourth-order valence-electron chi connectivity index (χ4n) is 2.84. The SMILES string of the molecule is CCCCOc1ccc(NC(=O)N2CCN(C(=O)c3ccco3)CC2)cc1. The van der Waals surface area contributed by atoms with E-state index in [9.17, 15) is 9.59 Å². The summed E-state index contributed by atoms with van der Waals surface area (Å²) in [7, 11) is 0. The minimum Gasteiger partial charge on any atom is -0.494 e. The Morgan fingerprint density at radius 3 is 2.41 bits per heavy atom. The van der Waals surface area contributed by atoms with Crippen LogP contribution in [0.5, 0.6) is 5.75 Å². The van der Waals surface area contributed by atoms with Crippen LogP contribution in [0, 0.1) is 0 Å². The van der Waals surface area contributed by atoms with Gasteiger partial charge in [0, 0.05) is 31.9 Å². The van der Waals surface area contributed by atoms with Crippen molar-refractivity contribution in [3.8, 4) is 5.75 Å². The van der Waals surface area contributed by atoms with Gasteiger partial charge in [0.25, 0.3) is 5.91 Å². The van der Waals surface area contributed by atoms with Crippen LogP contribution in [0.3, 0.4) is 0 Å². The van der Waals surface area contributed by atoms with E-state index in [0.29, 0.717) is 38.5 Å². The Morgan fingerprint density at radius 2 is 1.78 bits per heavy atom. The van der Waals surface area contributed by atoms with E-state index in [-0.39, 0.29) is 11.9 Å². The Balaban J connectivity index is 1.46. The normalized spacial score (nSPS) is 14.1. The molecule has 1 fully saturated rings. The molecule has 0 aliphatic carbocycles. The number of nitrogens with one attached hydrogen (secondary N) is 1. The molecule has 0 spiro atoms. The topological polar surface area (TPSA) is 75.0 Å². The average Bonchev–Trinajstić information content (AvgIpc) is 3.24. The van der Waals surface area contributed by atoms with Gasteiger partial charge in [-0.3, -0.25) is 4.79 Å². The summed E-state index contributed by atoms with van der Waals surface area (Å²) in [5.41, 5.74) is 0.719. The third kappa shape index (κ3) is 5.03. The standard InChI is InChI=1S/C20H25N3O4/c1-2-3-14-26-17-8-6-16(7-9-17)21-20(25)23-12-10-22(11-13-23)19(24)18-5-4-15-27-18/h4-9,15H,2-3,10-14H2,1H3,(H,21,25). The summed E-state index contributed by atoms with van der Waals surface area (Å²) in [6.07, 6.45) is 3.60. The van der Waals surface area contributed by atoms with E-state index in [0.717, 1.165) is 24.3 Å². The van der Waals surface area contributed by atoms with Crippen LogP contribution < -0.4 is 10.1 Å². The van der Waals surface area contributed by atoms with Gasteiger partial charge in [0.05, 0.1) is 12.9 Å². The molecule has 144 valence electrons. The number of urea groups is 1. The minimum absolute atomic E-state index is 0.140. The largest absolute Gasteiger partial charge is 0.494 e. The van der Waals surface area contributed by atoms with Crippen LogP contribution in [0.1, 0.15) is 30.3 Å². The van der Waals surface area contributed by atoms with Gasteiger partial charge < -0.3 is 24.3 Å². The molecule has 1 aromatic carbocycles. The van der Waals surface area contributed by atoms with Gasteiger partial charge in [0.2, 0.25) is 0 Å². The zero-order chi connectivity index (χ0) is 19.1. The molecule has 3 rings (SSSR count). The van der Waals surface area contributed by atoms with Crippen LogP contribution in [-0.2, 0) is 0 Å². The van der Waals surface area contributed by atoms with Crippen molar-refractivity contribution < 1.29 is 18.7 Å². The van der Waals surface area contributed by atoms with Crippen molar-refractivity contribution in [2.45, 2.75) is 19.8 Å². The molecule has 1 saturated heterocycles. The molecule has 0 atom stereocenters. The average molecular weight is 371 g/mol. The first-order valence-electron chi connectivity index (χ1n) is 9.29. The first kappa shape index (κ1) is 18.8. The van der Waals surface area contributed by atoms with E-state index in [1.807, 2.05) is 24.3 Å². The summed E-state index contributed by atoms with van der Waals surface area (Å²) >= 11 is 0. The highest BCUT2D eigenvalue weighted by atomic mass is 16.5. The van der Waals surface area contributed by atoms with Gasteiger partial charge in [-0.05, 0) is 42.8 Å². The number of piperazine rings is 1. The number of amides is 3. The van der Waals surface area contributed by atoms with Gasteiger partial charge in [0.1, 0.15) is 5.75 Å². The number of hydrogen-bond donors (Lipinski definition) is 1. The van der Waals surface area contributed by atoms with Crippen molar-refractivity contribution in [1.29, 1.82) is 0 Å². The first-order chi connectivity index (χ1) is 13.2. The second-order valence-corrected chi connectivity index (χ2v) is 6.41. The summed E-state index contributed by atoms with van der Waals surface area (Å²) in [5.74, 6) is 0.986. The van der Waals surface area contributed by atoms with Crippen molar-refractivity contribution in [3.63, 3.8) is 0 Å². The number of benzene rings is 1. The van der Waals surface area contributed by atoms with E-state index in [1.54, 1.807) is 21.9 Å². The summed E-state index contributed by atoms with van der Waals surface area (Å²) in [5, 5.41) is 2.89. The number of ether oxygens (including phenoxy) is 1. The molecule has 3 amide bonds. The molecule has 0 bridgehead atoms. The lowest BCUT2D eigenvalue weighted by atomic mass is 10.3. The third-order valence-electron chi connectivity index (χ3n) is 4.46. The lowest BCUT2D eigenvalue weighted by Crippen LogP contribution is -2.51. The smallest absolute Gasteiger partial charge is 0.321 e. The predicted molar refractivity (Wildman–Crippen MR) is 102 cm³/mol. The lowest BCUT2D eigenvalue weighted by molar-refractivity contribution is 0.0640. The molecule has 2 heterocycles. The summed E-state index contributed by atoms with van der Waals surface area (Å²) in [6, 6.07) is 10.5.